The zero-order chi connectivity index (χ0) is 27.1. The number of amides is 1. The molecule has 2 aromatic rings. The number of carbonyl (C=O) groups excluding carboxylic acids is 1. The summed E-state index contributed by atoms with van der Waals surface area (Å²) in [5.41, 5.74) is 2.28. The van der Waals surface area contributed by atoms with Crippen molar-refractivity contribution >= 4 is 48.9 Å². The number of allylic oxidation sites excluding steroid dienone is 1. The zero-order valence-corrected chi connectivity index (χ0v) is 24.4. The summed E-state index contributed by atoms with van der Waals surface area (Å²) in [6.45, 7) is 13.1. The van der Waals surface area contributed by atoms with Gasteiger partial charge in [-0.2, -0.15) is 0 Å². The van der Waals surface area contributed by atoms with Gasteiger partial charge in [-0.25, -0.2) is 4.98 Å². The fraction of sp³-hybridized carbons (Fsp3) is 0.480. The van der Waals surface area contributed by atoms with E-state index in [0.29, 0.717) is 12.1 Å². The topological polar surface area (TPSA) is 111 Å². The lowest BCUT2D eigenvalue weighted by molar-refractivity contribution is -0.384. The van der Waals surface area contributed by atoms with Gasteiger partial charge in [0, 0.05) is 35.3 Å². The summed E-state index contributed by atoms with van der Waals surface area (Å²) in [4.78, 5) is 33.9. The number of nitrogens with one attached hydrogen (secondary N) is 1. The van der Waals surface area contributed by atoms with Gasteiger partial charge in [-0.1, -0.05) is 20.8 Å². The van der Waals surface area contributed by atoms with E-state index in [1.54, 1.807) is 41.3 Å². The molecule has 0 bridgehead atoms. The van der Waals surface area contributed by atoms with E-state index in [4.69, 9.17) is 21.4 Å². The largest absolute Gasteiger partial charge is 0.477 e. The minimum Gasteiger partial charge on any atom is -0.477 e. The van der Waals surface area contributed by atoms with Gasteiger partial charge in [0.05, 0.1) is 23.3 Å². The van der Waals surface area contributed by atoms with Crippen LogP contribution in [0.4, 0.5) is 5.69 Å². The maximum absolute atomic E-state index is 13.5. The van der Waals surface area contributed by atoms with Crippen LogP contribution in [0.5, 0.6) is 0 Å². The molecule has 1 fully saturated rings. The van der Waals surface area contributed by atoms with Crippen molar-refractivity contribution in [2.45, 2.75) is 70.3 Å². The van der Waals surface area contributed by atoms with Crippen molar-refractivity contribution in [2.24, 2.45) is 5.92 Å². The van der Waals surface area contributed by atoms with Crippen LogP contribution in [0.15, 0.2) is 47.4 Å². The molecule has 1 aromatic carbocycles. The second-order valence-electron chi connectivity index (χ2n) is 10.9. The van der Waals surface area contributed by atoms with Gasteiger partial charge in [0.15, 0.2) is 8.32 Å². The predicted molar refractivity (Wildman–Crippen MR) is 149 cm³/mol. The van der Waals surface area contributed by atoms with Crippen LogP contribution < -0.4 is 0 Å². The monoisotopic (exact) mass is 560 g/mol. The van der Waals surface area contributed by atoms with Gasteiger partial charge >= 0.3 is 0 Å². The summed E-state index contributed by atoms with van der Waals surface area (Å²) in [6.07, 6.45) is 3.70. The average molecular weight is 561 g/mol. The van der Waals surface area contributed by atoms with E-state index < -0.39 is 13.2 Å². The van der Waals surface area contributed by atoms with Gasteiger partial charge in [-0.3, -0.25) is 19.8 Å². The van der Waals surface area contributed by atoms with Crippen LogP contribution in [0, 0.1) is 16.0 Å². The Morgan fingerprint density at radius 2 is 2.00 bits per heavy atom. The molecule has 3 atom stereocenters. The van der Waals surface area contributed by atoms with Crippen LogP contribution in [0.3, 0.4) is 0 Å². The highest BCUT2D eigenvalue weighted by molar-refractivity contribution is 8.04. The van der Waals surface area contributed by atoms with E-state index in [1.807, 2.05) is 6.92 Å². The normalized spacial score (nSPS) is 20.5. The quantitative estimate of drug-likeness (QED) is 0.140. The maximum Gasteiger partial charge on any atom is 0.269 e. The van der Waals surface area contributed by atoms with E-state index in [0.717, 1.165) is 16.2 Å². The van der Waals surface area contributed by atoms with Crippen molar-refractivity contribution in [3.8, 4) is 0 Å². The number of benzene rings is 1. The first kappa shape index (κ1) is 27.5. The number of nitrogens with zero attached hydrogens (tertiary/aromatic N) is 3. The fourth-order valence-corrected chi connectivity index (χ4v) is 7.56. The Hall–Kier alpha value is -2.54. The number of rotatable bonds is 9. The molecular weight excluding hydrogens is 529 g/mol. The molecule has 4 rings (SSSR count). The van der Waals surface area contributed by atoms with Gasteiger partial charge < -0.3 is 14.1 Å². The number of imidazole rings is 1. The molecule has 0 saturated carbocycles. The molecule has 0 radical (unpaired) electrons. The van der Waals surface area contributed by atoms with Crippen LogP contribution in [-0.2, 0) is 27.0 Å². The first-order chi connectivity index (χ1) is 17.3. The number of nitro groups is 1. The van der Waals surface area contributed by atoms with E-state index in [1.165, 1.54) is 12.1 Å². The number of H-pyrrole nitrogens is 1. The van der Waals surface area contributed by atoms with Crippen LogP contribution in [0.25, 0.3) is 0 Å². The highest BCUT2D eigenvalue weighted by atomic mass is 32.2. The van der Waals surface area contributed by atoms with Crippen LogP contribution in [0.2, 0.25) is 18.1 Å². The molecule has 2 aliphatic heterocycles. The molecule has 0 spiro atoms. The number of hydrogen-bond donors (Lipinski definition) is 1. The number of aromatic amines is 1. The number of thiocarbonyl (C=S) groups is 1. The van der Waals surface area contributed by atoms with E-state index in [2.05, 4.69) is 43.8 Å². The number of aromatic nitrogens is 2. The molecule has 2 aliphatic rings. The second-order valence-corrected chi connectivity index (χ2v) is 17.2. The number of ether oxygens (including phenoxy) is 1. The lowest BCUT2D eigenvalue weighted by Gasteiger charge is -2.48. The first-order valence-electron chi connectivity index (χ1n) is 12.1. The maximum atomic E-state index is 13.5. The molecule has 1 aromatic heterocycles. The third-order valence-corrected chi connectivity index (χ3v) is 13.5. The van der Waals surface area contributed by atoms with Crippen LogP contribution in [-0.4, -0.2) is 50.5 Å². The summed E-state index contributed by atoms with van der Waals surface area (Å²) in [6, 6.07) is 6.13. The lowest BCUT2D eigenvalue weighted by atomic mass is 9.92. The SMILES string of the molecule is C[C@@H](O[Si](C)(C)C(C)(C)C)[C@H]1C(=O)N2C(C(=S)OCc3ccc([N+](=O)[O-])cc3)=C(Cc3cnc[nH]3)S[C@H]12. The van der Waals surface area contributed by atoms with Gasteiger partial charge in [-0.05, 0) is 55.0 Å². The number of hydrogen-bond acceptors (Lipinski definition) is 8. The van der Waals surface area contributed by atoms with Gasteiger partial charge in [-0.15, -0.1) is 11.8 Å². The van der Waals surface area contributed by atoms with E-state index >= 15 is 0 Å². The molecule has 1 saturated heterocycles. The first-order valence-corrected chi connectivity index (χ1v) is 16.3. The van der Waals surface area contributed by atoms with Crippen molar-refractivity contribution in [2.75, 3.05) is 0 Å². The molecule has 0 unspecified atom stereocenters. The molecule has 9 nitrogen and oxygen atoms in total. The Kier molecular flexibility index (Phi) is 7.66. The Balaban J connectivity index is 1.51. The highest BCUT2D eigenvalue weighted by Crippen LogP contribution is 2.52. The van der Waals surface area contributed by atoms with Gasteiger partial charge in [0.2, 0.25) is 11.0 Å². The summed E-state index contributed by atoms with van der Waals surface area (Å²) in [7, 11) is -2.06. The van der Waals surface area contributed by atoms with Crippen molar-refractivity contribution in [1.82, 2.24) is 14.9 Å². The Labute approximate surface area is 227 Å². The molecular formula is C25H32N4O5S2Si. The highest BCUT2D eigenvalue weighted by Gasteiger charge is 2.58. The standard InChI is InChI=1S/C25H32N4O5S2Si/c1-15(34-37(5,6)25(2,3)4)20-22(30)28-21(19(36-23(20)28)11-17-12-26-14-27-17)24(35)33-13-16-7-9-18(10-8-16)29(31)32/h7-10,12,14-15,20,23H,11,13H2,1-6H3,(H,26,27)/t15-,20+,23-/m1/s1. The van der Waals surface area contributed by atoms with E-state index in [9.17, 15) is 14.9 Å². The second kappa shape index (κ2) is 10.3. The molecule has 37 heavy (non-hydrogen) atoms. The lowest BCUT2D eigenvalue weighted by Crippen LogP contribution is -2.62. The van der Waals surface area contributed by atoms with Crippen LogP contribution in [0.1, 0.15) is 39.0 Å². The van der Waals surface area contributed by atoms with Crippen molar-refractivity contribution in [3.63, 3.8) is 0 Å². The summed E-state index contributed by atoms with van der Waals surface area (Å²) in [5, 5.41) is 11.1. The molecule has 0 aliphatic carbocycles. The van der Waals surface area contributed by atoms with Crippen molar-refractivity contribution in [3.05, 3.63) is 68.8 Å². The zero-order valence-electron chi connectivity index (χ0n) is 21.8. The summed E-state index contributed by atoms with van der Waals surface area (Å²) < 4.78 is 12.5. The Bertz CT molecular complexity index is 1220. The minimum absolute atomic E-state index is 0.0113. The molecule has 1 N–H and O–H groups in total. The Morgan fingerprint density at radius 1 is 1.32 bits per heavy atom. The molecule has 1 amide bonds. The summed E-state index contributed by atoms with van der Waals surface area (Å²) >= 11 is 7.29. The molecule has 198 valence electrons. The molecule has 3 heterocycles. The van der Waals surface area contributed by atoms with Gasteiger partial charge in [0.25, 0.3) is 5.69 Å². The van der Waals surface area contributed by atoms with Crippen molar-refractivity contribution in [1.29, 1.82) is 0 Å². The van der Waals surface area contributed by atoms with Crippen LogP contribution >= 0.6 is 24.0 Å². The average Bonchev–Trinajstić information content (AvgIpc) is 3.43. The number of β-lactam (4-membered cyclic amide) rings is 1. The third-order valence-electron chi connectivity index (χ3n) is 7.26. The fourth-order valence-electron chi connectivity index (χ4n) is 4.16. The van der Waals surface area contributed by atoms with E-state index in [-0.39, 0.29) is 45.7 Å². The number of non-ortho nitro benzene ring substituents is 1. The predicted octanol–water partition coefficient (Wildman–Crippen LogP) is 5.56. The van der Waals surface area contributed by atoms with Gasteiger partial charge in [0.1, 0.15) is 17.7 Å². The van der Waals surface area contributed by atoms with Crippen molar-refractivity contribution < 1.29 is 18.9 Å². The number of nitro benzene ring substituents is 1. The number of carbonyl (C=O) groups is 1. The summed E-state index contributed by atoms with van der Waals surface area (Å²) in [5.74, 6) is -0.287. The smallest absolute Gasteiger partial charge is 0.269 e. The molecule has 12 heteroatoms. The third kappa shape index (κ3) is 5.52. The number of fused-ring (bicyclic) bond motifs is 1. The number of thioether (sulfide) groups is 1. The Morgan fingerprint density at radius 3 is 2.57 bits per heavy atom. The minimum atomic E-state index is -2.06.